The number of hydrogen-bond donors (Lipinski definition) is 1. The van der Waals surface area contributed by atoms with Crippen molar-refractivity contribution < 1.29 is 5.11 Å². The van der Waals surface area contributed by atoms with Gasteiger partial charge in [0.15, 0.2) is 5.75 Å². The molecule has 0 aliphatic carbocycles. The van der Waals surface area contributed by atoms with Crippen LogP contribution in [-0.4, -0.2) is 15.6 Å². The predicted molar refractivity (Wildman–Crippen MR) is 61.2 cm³/mol. The second kappa shape index (κ2) is 3.89. The van der Waals surface area contributed by atoms with Gasteiger partial charge >= 0.3 is 0 Å². The minimum absolute atomic E-state index is 0.0186. The van der Waals surface area contributed by atoms with Gasteiger partial charge in [-0.2, -0.15) is 0 Å². The molecule has 0 amide bonds. The lowest BCUT2D eigenvalue weighted by atomic mass is 10.0. The van der Waals surface area contributed by atoms with Gasteiger partial charge in [0.2, 0.25) is 0 Å². The van der Waals surface area contributed by atoms with E-state index in [1.165, 1.54) is 0 Å². The molecular weight excluding hydrogens is 289 g/mol. The first-order valence-corrected chi connectivity index (χ1v) is 5.65. The van der Waals surface area contributed by atoms with Gasteiger partial charge in [-0.3, -0.25) is 0 Å². The van der Waals surface area contributed by atoms with Crippen molar-refractivity contribution in [2.45, 2.75) is 13.0 Å². The summed E-state index contributed by atoms with van der Waals surface area (Å²) in [5, 5.41) is 10.3. The minimum Gasteiger partial charge on any atom is -0.505 e. The zero-order valence-corrected chi connectivity index (χ0v) is 10.3. The summed E-state index contributed by atoms with van der Waals surface area (Å²) in [5.74, 6) is -0.0186. The van der Waals surface area contributed by atoms with Crippen LogP contribution in [0.2, 0.25) is 10.0 Å². The first-order valence-electron chi connectivity index (χ1n) is 4.19. The molecule has 1 aromatic carbocycles. The molecule has 76 valence electrons. The van der Waals surface area contributed by atoms with E-state index in [4.69, 9.17) is 23.2 Å². The molecule has 2 nitrogen and oxygen atoms in total. The maximum atomic E-state index is 9.55. The fraction of sp³-hybridized carbons (Fsp3) is 0.333. The average Bonchev–Trinajstić information content (AvgIpc) is 2.16. The molecule has 1 aliphatic rings. The molecule has 0 saturated heterocycles. The van der Waals surface area contributed by atoms with Crippen molar-refractivity contribution >= 4 is 39.3 Å². The third-order valence-corrected chi connectivity index (χ3v) is 3.64. The fourth-order valence-corrected chi connectivity index (χ4v) is 2.57. The topological polar surface area (TPSA) is 23.5 Å². The Balaban J connectivity index is 2.55. The van der Waals surface area contributed by atoms with Crippen LogP contribution in [0.1, 0.15) is 11.1 Å². The fourth-order valence-electron chi connectivity index (χ4n) is 1.58. The summed E-state index contributed by atoms with van der Waals surface area (Å²) >= 11 is 15.2. The van der Waals surface area contributed by atoms with E-state index in [1.807, 2.05) is 3.93 Å². The van der Waals surface area contributed by atoms with E-state index in [2.05, 4.69) is 16.1 Å². The van der Waals surface area contributed by atoms with E-state index < -0.39 is 0 Å². The summed E-state index contributed by atoms with van der Waals surface area (Å²) in [7, 11) is 0. The highest BCUT2D eigenvalue weighted by atomic mass is 79.9. The van der Waals surface area contributed by atoms with E-state index in [9.17, 15) is 5.11 Å². The van der Waals surface area contributed by atoms with Crippen LogP contribution in [0.4, 0.5) is 0 Å². The standard InChI is InChI=1S/C9H8BrCl2NO/c10-13-2-1-5-3-7(11)9(14)8(12)6(5)4-13/h3,14H,1-2,4H2. The molecule has 0 fully saturated rings. The lowest BCUT2D eigenvalue weighted by Gasteiger charge is -2.24. The van der Waals surface area contributed by atoms with Gasteiger partial charge in [-0.25, -0.2) is 3.93 Å². The van der Waals surface area contributed by atoms with E-state index in [1.54, 1.807) is 6.07 Å². The zero-order valence-electron chi connectivity index (χ0n) is 7.23. The number of rotatable bonds is 0. The Morgan fingerprint density at radius 3 is 2.86 bits per heavy atom. The van der Waals surface area contributed by atoms with Gasteiger partial charge in [-0.1, -0.05) is 23.2 Å². The Labute approximate surface area is 101 Å². The van der Waals surface area contributed by atoms with Crippen molar-refractivity contribution in [2.24, 2.45) is 0 Å². The monoisotopic (exact) mass is 295 g/mol. The van der Waals surface area contributed by atoms with E-state index in [-0.39, 0.29) is 5.75 Å². The van der Waals surface area contributed by atoms with Gasteiger partial charge in [0.1, 0.15) is 0 Å². The van der Waals surface area contributed by atoms with Crippen LogP contribution >= 0.6 is 39.3 Å². The SMILES string of the molecule is Oc1c(Cl)cc2c(c1Cl)CN(Br)CC2. The molecule has 0 unspecified atom stereocenters. The first kappa shape index (κ1) is 10.6. The molecule has 0 spiro atoms. The Kier molecular flexibility index (Phi) is 2.93. The normalized spacial score (nSPS) is 16.8. The van der Waals surface area contributed by atoms with E-state index in [0.717, 1.165) is 24.1 Å². The largest absolute Gasteiger partial charge is 0.505 e. The number of fused-ring (bicyclic) bond motifs is 1. The summed E-state index contributed by atoms with van der Waals surface area (Å²) in [5.41, 5.74) is 2.07. The maximum Gasteiger partial charge on any atom is 0.153 e. The van der Waals surface area contributed by atoms with E-state index in [0.29, 0.717) is 16.6 Å². The minimum atomic E-state index is -0.0186. The molecule has 2 rings (SSSR count). The molecule has 1 heterocycles. The van der Waals surface area contributed by atoms with Crippen LogP contribution in [0.25, 0.3) is 0 Å². The van der Waals surface area contributed by atoms with Crippen LogP contribution in [0.3, 0.4) is 0 Å². The molecule has 0 saturated carbocycles. The Bertz CT molecular complexity index is 384. The number of aromatic hydroxyl groups is 1. The molecule has 1 aromatic rings. The lowest BCUT2D eigenvalue weighted by Crippen LogP contribution is -2.22. The number of halogens is 3. The second-order valence-corrected chi connectivity index (χ2v) is 5.04. The van der Waals surface area contributed by atoms with Crippen molar-refractivity contribution in [1.29, 1.82) is 0 Å². The second-order valence-electron chi connectivity index (χ2n) is 3.25. The van der Waals surface area contributed by atoms with Crippen LogP contribution in [0.5, 0.6) is 5.75 Å². The summed E-state index contributed by atoms with van der Waals surface area (Å²) < 4.78 is 1.98. The number of hydrogen-bond acceptors (Lipinski definition) is 2. The summed E-state index contributed by atoms with van der Waals surface area (Å²) in [4.78, 5) is 0. The van der Waals surface area contributed by atoms with Crippen molar-refractivity contribution in [3.8, 4) is 5.75 Å². The highest BCUT2D eigenvalue weighted by Gasteiger charge is 2.20. The van der Waals surface area contributed by atoms with Crippen LogP contribution < -0.4 is 0 Å². The predicted octanol–water partition coefficient (Wildman–Crippen LogP) is 3.37. The molecule has 0 radical (unpaired) electrons. The van der Waals surface area contributed by atoms with Crippen molar-refractivity contribution in [2.75, 3.05) is 6.54 Å². The molecule has 5 heteroatoms. The van der Waals surface area contributed by atoms with Gasteiger partial charge < -0.3 is 5.11 Å². The molecule has 14 heavy (non-hydrogen) atoms. The molecule has 0 bridgehead atoms. The summed E-state index contributed by atoms with van der Waals surface area (Å²) in [6.45, 7) is 1.61. The third kappa shape index (κ3) is 1.74. The van der Waals surface area contributed by atoms with Crippen LogP contribution in [0.15, 0.2) is 6.07 Å². The highest BCUT2D eigenvalue weighted by molar-refractivity contribution is 9.07. The smallest absolute Gasteiger partial charge is 0.153 e. The summed E-state index contributed by atoms with van der Waals surface area (Å²) in [6, 6.07) is 1.79. The van der Waals surface area contributed by atoms with Crippen molar-refractivity contribution in [3.63, 3.8) is 0 Å². The third-order valence-electron chi connectivity index (χ3n) is 2.34. The lowest BCUT2D eigenvalue weighted by molar-refractivity contribution is 0.448. The van der Waals surface area contributed by atoms with E-state index >= 15 is 0 Å². The molecule has 1 aliphatic heterocycles. The van der Waals surface area contributed by atoms with Gasteiger partial charge in [0.25, 0.3) is 0 Å². The number of nitrogens with zero attached hydrogens (tertiary/aromatic N) is 1. The first-order chi connectivity index (χ1) is 6.59. The Morgan fingerprint density at radius 2 is 2.14 bits per heavy atom. The van der Waals surface area contributed by atoms with Crippen LogP contribution in [0, 0.1) is 0 Å². The quantitative estimate of drug-likeness (QED) is 0.742. The van der Waals surface area contributed by atoms with Crippen molar-refractivity contribution in [1.82, 2.24) is 3.93 Å². The number of phenolic OH excluding ortho intramolecular Hbond substituents is 1. The van der Waals surface area contributed by atoms with Gasteiger partial charge in [-0.05, 0) is 23.6 Å². The van der Waals surface area contributed by atoms with Gasteiger partial charge in [-0.15, -0.1) is 0 Å². The molecule has 1 N–H and O–H groups in total. The van der Waals surface area contributed by atoms with Gasteiger partial charge in [0, 0.05) is 29.2 Å². The number of phenols is 1. The maximum absolute atomic E-state index is 9.55. The van der Waals surface area contributed by atoms with Gasteiger partial charge in [0.05, 0.1) is 10.0 Å². The average molecular weight is 297 g/mol. The molecular formula is C9H8BrCl2NO. The molecule has 0 atom stereocenters. The highest BCUT2D eigenvalue weighted by Crippen LogP contribution is 2.39. The summed E-state index contributed by atoms with van der Waals surface area (Å²) in [6.07, 6.45) is 0.889. The van der Waals surface area contributed by atoms with Crippen molar-refractivity contribution in [3.05, 3.63) is 27.2 Å². The zero-order chi connectivity index (χ0) is 10.3. The Hall–Kier alpha value is 0.0400. The molecule has 0 aromatic heterocycles. The number of benzene rings is 1. The Morgan fingerprint density at radius 1 is 1.43 bits per heavy atom. The van der Waals surface area contributed by atoms with Crippen LogP contribution in [-0.2, 0) is 13.0 Å².